The number of nitriles is 1. The Morgan fingerprint density at radius 2 is 1.96 bits per heavy atom. The van der Waals surface area contributed by atoms with E-state index in [1.165, 1.54) is 11.3 Å². The summed E-state index contributed by atoms with van der Waals surface area (Å²) in [5, 5.41) is 12.4. The second-order valence-corrected chi connectivity index (χ2v) is 6.93. The van der Waals surface area contributed by atoms with Gasteiger partial charge in [-0.15, -0.1) is 11.3 Å². The van der Waals surface area contributed by atoms with E-state index >= 15 is 0 Å². The summed E-state index contributed by atoms with van der Waals surface area (Å²) in [6.45, 7) is 0. The van der Waals surface area contributed by atoms with Gasteiger partial charge in [-0.2, -0.15) is 5.26 Å². The van der Waals surface area contributed by atoms with Gasteiger partial charge in [-0.3, -0.25) is 9.59 Å². The Bertz CT molecular complexity index is 1280. The van der Waals surface area contributed by atoms with Gasteiger partial charge in [0.05, 0.1) is 19.6 Å². The Hall–Kier alpha value is -3.43. The smallest absolute Gasteiger partial charge is 0.266 e. The number of hydrogen-bond donors (Lipinski definition) is 1. The maximum absolute atomic E-state index is 12.3. The van der Waals surface area contributed by atoms with Crippen LogP contribution in [-0.4, -0.2) is 17.9 Å². The lowest BCUT2D eigenvalue weighted by molar-refractivity contribution is 0.0998. The lowest BCUT2D eigenvalue weighted by atomic mass is 9.96. The monoisotopic (exact) mass is 374 g/mol. The number of ether oxygens (including phenoxy) is 1. The van der Waals surface area contributed by atoms with Crippen molar-refractivity contribution in [3.8, 4) is 22.9 Å². The van der Waals surface area contributed by atoms with Gasteiger partial charge in [0.1, 0.15) is 10.4 Å². The number of nitrogens with one attached hydrogen (secondary N) is 1. The summed E-state index contributed by atoms with van der Waals surface area (Å²) in [7, 11) is 1.60. The Morgan fingerprint density at radius 3 is 2.67 bits per heavy atom. The van der Waals surface area contributed by atoms with Crippen LogP contribution in [0.25, 0.3) is 32.1 Å². The molecule has 27 heavy (non-hydrogen) atoms. The second kappa shape index (κ2) is 6.71. The van der Waals surface area contributed by atoms with Crippen LogP contribution < -0.4 is 10.3 Å². The van der Waals surface area contributed by atoms with Crippen LogP contribution in [0.15, 0.2) is 52.6 Å². The van der Waals surface area contributed by atoms with Gasteiger partial charge in [0.2, 0.25) is 0 Å². The third-order valence-corrected chi connectivity index (χ3v) is 5.42. The normalized spacial score (nSPS) is 10.8. The molecule has 2 aromatic carbocycles. The molecule has 5 nitrogen and oxygen atoms in total. The number of fused-ring (bicyclic) bond motifs is 3. The number of aromatic nitrogens is 1. The summed E-state index contributed by atoms with van der Waals surface area (Å²) >= 11 is 1.40. The van der Waals surface area contributed by atoms with Crippen molar-refractivity contribution in [3.05, 3.63) is 63.8 Å². The molecule has 0 spiro atoms. The van der Waals surface area contributed by atoms with Crippen LogP contribution in [-0.2, 0) is 0 Å². The minimum Gasteiger partial charge on any atom is -0.496 e. The van der Waals surface area contributed by atoms with Gasteiger partial charge in [-0.1, -0.05) is 24.3 Å². The molecule has 0 fully saturated rings. The molecule has 0 radical (unpaired) electrons. The number of rotatable bonds is 4. The molecule has 4 aromatic rings. The third-order valence-electron chi connectivity index (χ3n) is 4.51. The fraction of sp³-hybridized carbons (Fsp3) is 0.0952. The molecule has 0 aliphatic rings. The number of Topliss-reactive ketones (excluding diaryl/α,β-unsaturated/α-hetero) is 1. The van der Waals surface area contributed by atoms with Crippen LogP contribution in [0.2, 0.25) is 0 Å². The molecule has 1 N–H and O–H groups in total. The molecule has 2 heterocycles. The Labute approximate surface area is 158 Å². The van der Waals surface area contributed by atoms with Crippen molar-refractivity contribution in [2.24, 2.45) is 0 Å². The maximum Gasteiger partial charge on any atom is 0.266 e. The summed E-state index contributed by atoms with van der Waals surface area (Å²) in [6.07, 6.45) is -0.145. The zero-order valence-corrected chi connectivity index (χ0v) is 15.2. The molecule has 0 aliphatic carbocycles. The first-order valence-corrected chi connectivity index (χ1v) is 9.12. The predicted molar refractivity (Wildman–Crippen MR) is 107 cm³/mol. The topological polar surface area (TPSA) is 83.0 Å². The highest BCUT2D eigenvalue weighted by atomic mass is 32.1. The summed E-state index contributed by atoms with van der Waals surface area (Å²) < 4.78 is 6.25. The number of carbonyl (C=O) groups is 1. The summed E-state index contributed by atoms with van der Waals surface area (Å²) in [6, 6.07) is 14.6. The van der Waals surface area contributed by atoms with Crippen molar-refractivity contribution in [3.63, 3.8) is 0 Å². The van der Waals surface area contributed by atoms with Gasteiger partial charge in [0, 0.05) is 27.4 Å². The molecule has 4 rings (SSSR count). The third kappa shape index (κ3) is 2.78. The first kappa shape index (κ1) is 17.0. The van der Waals surface area contributed by atoms with E-state index in [1.807, 2.05) is 41.8 Å². The molecule has 6 heteroatoms. The lowest BCUT2D eigenvalue weighted by Crippen LogP contribution is -2.05. The minimum atomic E-state index is -0.210. The largest absolute Gasteiger partial charge is 0.496 e. The molecule has 2 aromatic heterocycles. The summed E-state index contributed by atoms with van der Waals surface area (Å²) in [5.41, 5.74) is 2.83. The van der Waals surface area contributed by atoms with Crippen molar-refractivity contribution in [1.29, 1.82) is 5.26 Å². The van der Waals surface area contributed by atoms with E-state index in [0.717, 1.165) is 27.4 Å². The number of nitrogens with zero attached hydrogens (tertiary/aromatic N) is 1. The second-order valence-electron chi connectivity index (χ2n) is 6.02. The number of benzene rings is 2. The van der Waals surface area contributed by atoms with E-state index in [4.69, 9.17) is 10.00 Å². The number of H-pyrrole nitrogens is 1. The van der Waals surface area contributed by atoms with Crippen molar-refractivity contribution in [2.45, 2.75) is 6.42 Å². The van der Waals surface area contributed by atoms with E-state index in [2.05, 4.69) is 4.98 Å². The summed E-state index contributed by atoms with van der Waals surface area (Å²) in [5.74, 6) is 0.469. The van der Waals surface area contributed by atoms with E-state index in [-0.39, 0.29) is 17.8 Å². The van der Waals surface area contributed by atoms with Gasteiger partial charge in [0.15, 0.2) is 5.78 Å². The van der Waals surface area contributed by atoms with Crippen LogP contribution in [0.4, 0.5) is 0 Å². The molecule has 132 valence electrons. The average Bonchev–Trinajstić information content (AvgIpc) is 3.18. The fourth-order valence-corrected chi connectivity index (χ4v) is 4.08. The van der Waals surface area contributed by atoms with Gasteiger partial charge >= 0.3 is 0 Å². The molecular formula is C21H14N2O3S. The van der Waals surface area contributed by atoms with E-state index < -0.39 is 0 Å². The SMILES string of the molecule is COc1ccc2[nH]c(=O)c3sccc3c2c1-c1ccc(C(=O)CC#N)cc1. The van der Waals surface area contributed by atoms with E-state index in [1.54, 1.807) is 19.2 Å². The highest BCUT2D eigenvalue weighted by Crippen LogP contribution is 2.40. The Kier molecular flexibility index (Phi) is 4.22. The zero-order valence-electron chi connectivity index (χ0n) is 14.4. The fourth-order valence-electron chi connectivity index (χ4n) is 3.28. The number of thiophene rings is 1. The average molecular weight is 374 g/mol. The van der Waals surface area contributed by atoms with Gasteiger partial charge in [-0.05, 0) is 29.1 Å². The molecule has 0 bridgehead atoms. The van der Waals surface area contributed by atoms with Crippen molar-refractivity contribution in [1.82, 2.24) is 4.98 Å². The Morgan fingerprint density at radius 1 is 1.19 bits per heavy atom. The van der Waals surface area contributed by atoms with Crippen molar-refractivity contribution in [2.75, 3.05) is 7.11 Å². The maximum atomic E-state index is 12.3. The minimum absolute atomic E-state index is 0.110. The van der Waals surface area contributed by atoms with Crippen LogP contribution in [0.1, 0.15) is 16.8 Å². The molecule has 0 unspecified atom stereocenters. The zero-order chi connectivity index (χ0) is 19.0. The Balaban J connectivity index is 2.00. The molecule has 0 atom stereocenters. The number of pyridine rings is 1. The predicted octanol–water partition coefficient (Wildman–Crippen LogP) is 4.51. The number of methoxy groups -OCH3 is 1. The highest BCUT2D eigenvalue weighted by molar-refractivity contribution is 7.17. The number of ketones is 1. The van der Waals surface area contributed by atoms with Crippen molar-refractivity contribution >= 4 is 38.1 Å². The first-order chi connectivity index (χ1) is 13.1. The quantitative estimate of drug-likeness (QED) is 0.533. The van der Waals surface area contributed by atoms with Gasteiger partial charge in [0.25, 0.3) is 5.56 Å². The standard InChI is InChI=1S/C21H14N2O3S/c1-26-17-7-6-15-19(14-9-11-27-20(14)21(25)23-15)18(17)13-4-2-12(3-5-13)16(24)8-10-22/h2-7,9,11H,8H2,1H3,(H,23,25). The molecule has 0 aliphatic heterocycles. The molecule has 0 saturated heterocycles. The van der Waals surface area contributed by atoms with E-state index in [0.29, 0.717) is 16.0 Å². The summed E-state index contributed by atoms with van der Waals surface area (Å²) in [4.78, 5) is 27.2. The van der Waals surface area contributed by atoms with Gasteiger partial charge < -0.3 is 9.72 Å². The first-order valence-electron chi connectivity index (χ1n) is 8.25. The van der Waals surface area contributed by atoms with Crippen LogP contribution in [0.5, 0.6) is 5.75 Å². The lowest BCUT2D eigenvalue weighted by Gasteiger charge is -2.13. The van der Waals surface area contributed by atoms with E-state index in [9.17, 15) is 9.59 Å². The highest BCUT2D eigenvalue weighted by Gasteiger charge is 2.16. The van der Waals surface area contributed by atoms with Crippen LogP contribution >= 0.6 is 11.3 Å². The molecular weight excluding hydrogens is 360 g/mol. The molecule has 0 saturated carbocycles. The van der Waals surface area contributed by atoms with Gasteiger partial charge in [-0.25, -0.2) is 0 Å². The van der Waals surface area contributed by atoms with Crippen LogP contribution in [0, 0.1) is 11.3 Å². The number of hydrogen-bond acceptors (Lipinski definition) is 5. The molecule has 0 amide bonds. The number of aromatic amines is 1. The van der Waals surface area contributed by atoms with Crippen LogP contribution in [0.3, 0.4) is 0 Å². The number of carbonyl (C=O) groups excluding carboxylic acids is 1. The van der Waals surface area contributed by atoms with Crippen molar-refractivity contribution < 1.29 is 9.53 Å².